The average Bonchev–Trinajstić information content (AvgIpc) is 3.07. The minimum Gasteiger partial charge on any atom is -0.493 e. The van der Waals surface area contributed by atoms with Gasteiger partial charge in [-0.05, 0) is 62.4 Å². The van der Waals surface area contributed by atoms with E-state index in [4.69, 9.17) is 14.2 Å². The Morgan fingerprint density at radius 1 is 1.07 bits per heavy atom. The fourth-order valence-electron chi connectivity index (χ4n) is 3.91. The number of hydrogen-bond donors (Lipinski definition) is 0. The van der Waals surface area contributed by atoms with E-state index in [0.29, 0.717) is 23.2 Å². The minimum absolute atomic E-state index is 0.0216. The fourth-order valence-corrected chi connectivity index (χ4v) is 3.91. The fraction of sp³-hybridized carbons (Fsp3) is 0.478. The number of carbonyl (C=O) groups excluding carboxylic acids is 1. The number of aromatic nitrogens is 2. The maximum absolute atomic E-state index is 12.7. The standard InChI is InChI=1S/C23H31N3O4/c1-16-12-17(2)26(24-16)15-18-8-10-25(11-9-18)22(27)7-6-19-13-20(28-3)23(30-5)21(14-19)29-4/h6-7,12-14,18H,8-11,15H2,1-5H3. The van der Waals surface area contributed by atoms with Gasteiger partial charge in [-0.3, -0.25) is 9.48 Å². The van der Waals surface area contributed by atoms with Gasteiger partial charge in [0.15, 0.2) is 11.5 Å². The number of aryl methyl sites for hydroxylation is 2. The zero-order chi connectivity index (χ0) is 21.7. The van der Waals surface area contributed by atoms with E-state index in [1.165, 1.54) is 5.69 Å². The van der Waals surface area contributed by atoms with Crippen molar-refractivity contribution in [1.82, 2.24) is 14.7 Å². The van der Waals surface area contributed by atoms with Crippen LogP contribution in [0.1, 0.15) is 29.8 Å². The molecular formula is C23H31N3O4. The summed E-state index contributed by atoms with van der Waals surface area (Å²) < 4.78 is 18.2. The van der Waals surface area contributed by atoms with Crippen molar-refractivity contribution < 1.29 is 19.0 Å². The smallest absolute Gasteiger partial charge is 0.246 e. The number of amides is 1. The highest BCUT2D eigenvalue weighted by Gasteiger charge is 2.22. The van der Waals surface area contributed by atoms with E-state index < -0.39 is 0 Å². The number of ether oxygens (including phenoxy) is 3. The summed E-state index contributed by atoms with van der Waals surface area (Å²) in [5, 5.41) is 4.56. The molecular weight excluding hydrogens is 382 g/mol. The summed E-state index contributed by atoms with van der Waals surface area (Å²) in [5.41, 5.74) is 3.06. The Bertz CT molecular complexity index is 886. The maximum atomic E-state index is 12.7. The van der Waals surface area contributed by atoms with Gasteiger partial charge in [-0.2, -0.15) is 5.10 Å². The first-order chi connectivity index (χ1) is 14.4. The normalized spacial score (nSPS) is 14.9. The lowest BCUT2D eigenvalue weighted by Gasteiger charge is -2.31. The quantitative estimate of drug-likeness (QED) is 0.650. The van der Waals surface area contributed by atoms with Crippen molar-refractivity contribution in [2.75, 3.05) is 34.4 Å². The van der Waals surface area contributed by atoms with Crippen LogP contribution in [0.3, 0.4) is 0 Å². The van der Waals surface area contributed by atoms with E-state index in [9.17, 15) is 4.79 Å². The molecule has 7 heteroatoms. The van der Waals surface area contributed by atoms with E-state index in [1.807, 2.05) is 24.0 Å². The molecule has 0 atom stereocenters. The van der Waals surface area contributed by atoms with E-state index in [1.54, 1.807) is 33.5 Å². The highest BCUT2D eigenvalue weighted by atomic mass is 16.5. The van der Waals surface area contributed by atoms with Crippen LogP contribution in [0.2, 0.25) is 0 Å². The van der Waals surface area contributed by atoms with Crippen LogP contribution in [0, 0.1) is 19.8 Å². The summed E-state index contributed by atoms with van der Waals surface area (Å²) in [6.07, 6.45) is 5.38. The van der Waals surface area contributed by atoms with Gasteiger partial charge in [0.05, 0.1) is 27.0 Å². The lowest BCUT2D eigenvalue weighted by Crippen LogP contribution is -2.38. The van der Waals surface area contributed by atoms with Crippen LogP contribution in [-0.4, -0.2) is 55.0 Å². The van der Waals surface area contributed by atoms with Gasteiger partial charge in [0, 0.05) is 31.4 Å². The molecule has 1 fully saturated rings. The largest absolute Gasteiger partial charge is 0.493 e. The molecule has 1 aliphatic heterocycles. The number of benzene rings is 1. The van der Waals surface area contributed by atoms with Gasteiger partial charge < -0.3 is 19.1 Å². The Kier molecular flexibility index (Phi) is 7.03. The van der Waals surface area contributed by atoms with Crippen LogP contribution < -0.4 is 14.2 Å². The Labute approximate surface area is 178 Å². The third kappa shape index (κ3) is 4.96. The van der Waals surface area contributed by atoms with Crippen LogP contribution in [0.5, 0.6) is 17.2 Å². The van der Waals surface area contributed by atoms with Crippen molar-refractivity contribution in [2.24, 2.45) is 5.92 Å². The number of methoxy groups -OCH3 is 3. The van der Waals surface area contributed by atoms with Crippen molar-refractivity contribution in [3.8, 4) is 17.2 Å². The van der Waals surface area contributed by atoms with Crippen molar-refractivity contribution in [1.29, 1.82) is 0 Å². The van der Waals surface area contributed by atoms with Gasteiger partial charge in [0.25, 0.3) is 0 Å². The second-order valence-electron chi connectivity index (χ2n) is 7.67. The molecule has 2 aromatic rings. The maximum Gasteiger partial charge on any atom is 0.246 e. The Morgan fingerprint density at radius 3 is 2.20 bits per heavy atom. The highest BCUT2D eigenvalue weighted by Crippen LogP contribution is 2.38. The predicted molar refractivity (Wildman–Crippen MR) is 116 cm³/mol. The molecule has 0 bridgehead atoms. The molecule has 0 N–H and O–H groups in total. The molecule has 7 nitrogen and oxygen atoms in total. The lowest BCUT2D eigenvalue weighted by molar-refractivity contribution is -0.127. The molecule has 3 rings (SSSR count). The lowest BCUT2D eigenvalue weighted by atomic mass is 9.96. The zero-order valence-electron chi connectivity index (χ0n) is 18.5. The summed E-state index contributed by atoms with van der Waals surface area (Å²) >= 11 is 0. The van der Waals surface area contributed by atoms with Gasteiger partial charge in [-0.1, -0.05) is 0 Å². The molecule has 0 unspecified atom stereocenters. The molecule has 162 valence electrons. The number of carbonyl (C=O) groups is 1. The molecule has 30 heavy (non-hydrogen) atoms. The van der Waals surface area contributed by atoms with Gasteiger partial charge in [0.2, 0.25) is 11.7 Å². The predicted octanol–water partition coefficient (Wildman–Crippen LogP) is 3.48. The number of nitrogens with zero attached hydrogens (tertiary/aromatic N) is 3. The summed E-state index contributed by atoms with van der Waals surface area (Å²) in [4.78, 5) is 14.6. The van der Waals surface area contributed by atoms with Gasteiger partial charge in [-0.15, -0.1) is 0 Å². The first-order valence-electron chi connectivity index (χ1n) is 10.2. The second-order valence-corrected chi connectivity index (χ2v) is 7.67. The van der Waals surface area contributed by atoms with Crippen molar-refractivity contribution in [2.45, 2.75) is 33.2 Å². The molecule has 2 heterocycles. The molecule has 1 amide bonds. The second kappa shape index (κ2) is 9.69. The summed E-state index contributed by atoms with van der Waals surface area (Å²) in [5.74, 6) is 2.23. The molecule has 1 aromatic heterocycles. The SMILES string of the molecule is COc1cc(C=CC(=O)N2CCC(Cn3nc(C)cc3C)CC2)cc(OC)c1OC. The number of rotatable bonds is 7. The molecule has 1 aromatic carbocycles. The molecule has 0 saturated carbocycles. The summed E-state index contributed by atoms with van der Waals surface area (Å²) in [7, 11) is 4.72. The van der Waals surface area contributed by atoms with E-state index in [-0.39, 0.29) is 5.91 Å². The number of likely N-dealkylation sites (tertiary alicyclic amines) is 1. The van der Waals surface area contributed by atoms with Crippen LogP contribution in [0.25, 0.3) is 6.08 Å². The Hall–Kier alpha value is -2.96. The third-order valence-electron chi connectivity index (χ3n) is 5.57. The Morgan fingerprint density at radius 2 is 1.70 bits per heavy atom. The minimum atomic E-state index is 0.0216. The van der Waals surface area contributed by atoms with Crippen LogP contribution >= 0.6 is 0 Å². The monoisotopic (exact) mass is 413 g/mol. The van der Waals surface area contributed by atoms with E-state index in [2.05, 4.69) is 22.8 Å². The van der Waals surface area contributed by atoms with Gasteiger partial charge in [-0.25, -0.2) is 0 Å². The summed E-state index contributed by atoms with van der Waals surface area (Å²) in [6.45, 7) is 6.56. The third-order valence-corrected chi connectivity index (χ3v) is 5.57. The Balaban J connectivity index is 1.59. The van der Waals surface area contributed by atoms with Gasteiger partial charge in [0.1, 0.15) is 0 Å². The van der Waals surface area contributed by atoms with Crippen molar-refractivity contribution in [3.05, 3.63) is 41.2 Å². The van der Waals surface area contributed by atoms with Crippen LogP contribution in [0.15, 0.2) is 24.3 Å². The molecule has 0 aliphatic carbocycles. The number of piperidine rings is 1. The summed E-state index contributed by atoms with van der Waals surface area (Å²) in [6, 6.07) is 5.75. The van der Waals surface area contributed by atoms with Crippen LogP contribution in [0.4, 0.5) is 0 Å². The first-order valence-corrected chi connectivity index (χ1v) is 10.2. The number of hydrogen-bond acceptors (Lipinski definition) is 5. The molecule has 1 aliphatic rings. The molecule has 0 radical (unpaired) electrons. The molecule has 0 spiro atoms. The van der Waals surface area contributed by atoms with E-state index in [0.717, 1.165) is 43.7 Å². The average molecular weight is 414 g/mol. The zero-order valence-corrected chi connectivity index (χ0v) is 18.5. The first kappa shape index (κ1) is 21.7. The van der Waals surface area contributed by atoms with Gasteiger partial charge >= 0.3 is 0 Å². The van der Waals surface area contributed by atoms with Crippen LogP contribution in [-0.2, 0) is 11.3 Å². The molecule has 1 saturated heterocycles. The van der Waals surface area contributed by atoms with Crippen molar-refractivity contribution >= 4 is 12.0 Å². The topological polar surface area (TPSA) is 65.8 Å². The van der Waals surface area contributed by atoms with E-state index >= 15 is 0 Å². The van der Waals surface area contributed by atoms with Crippen molar-refractivity contribution in [3.63, 3.8) is 0 Å². The highest BCUT2D eigenvalue weighted by molar-refractivity contribution is 5.92.